The second kappa shape index (κ2) is 4.59. The minimum atomic E-state index is -0.311. The van der Waals surface area contributed by atoms with Crippen LogP contribution in [-0.2, 0) is 6.54 Å². The predicted molar refractivity (Wildman–Crippen MR) is 60.9 cm³/mol. The van der Waals surface area contributed by atoms with Gasteiger partial charge < -0.3 is 5.32 Å². The van der Waals surface area contributed by atoms with Crippen molar-refractivity contribution in [2.45, 2.75) is 6.54 Å². The topological polar surface area (TPSA) is 24.9 Å². The van der Waals surface area contributed by atoms with Crippen molar-refractivity contribution in [2.75, 3.05) is 5.32 Å². The highest BCUT2D eigenvalue weighted by molar-refractivity contribution is 7.07. The van der Waals surface area contributed by atoms with Crippen molar-refractivity contribution in [2.24, 2.45) is 0 Å². The summed E-state index contributed by atoms with van der Waals surface area (Å²) in [6.45, 7) is 0.501. The third-order valence-corrected chi connectivity index (χ3v) is 2.74. The van der Waals surface area contributed by atoms with Crippen LogP contribution < -0.4 is 5.32 Å². The molecule has 1 N–H and O–H groups in total. The van der Waals surface area contributed by atoms with Crippen LogP contribution in [0.3, 0.4) is 0 Å². The summed E-state index contributed by atoms with van der Waals surface area (Å²) >= 11 is 7.27. The maximum absolute atomic E-state index is 13.3. The Morgan fingerprint density at radius 1 is 1.47 bits per heavy atom. The van der Waals surface area contributed by atoms with Crippen LogP contribution >= 0.6 is 22.9 Å². The Kier molecular flexibility index (Phi) is 3.18. The second-order valence-corrected chi connectivity index (χ2v) is 4.11. The Morgan fingerprint density at radius 3 is 3.07 bits per heavy atom. The molecule has 0 saturated heterocycles. The molecule has 0 amide bonds. The van der Waals surface area contributed by atoms with Crippen LogP contribution in [-0.4, -0.2) is 4.98 Å². The summed E-state index contributed by atoms with van der Waals surface area (Å²) in [4.78, 5) is 4.08. The number of nitrogens with one attached hydrogen (secondary N) is 1. The van der Waals surface area contributed by atoms with Crippen molar-refractivity contribution in [1.82, 2.24) is 4.98 Å². The minimum absolute atomic E-state index is 0.311. The van der Waals surface area contributed by atoms with Gasteiger partial charge in [0.1, 0.15) is 5.82 Å². The Hall–Kier alpha value is -1.13. The number of benzene rings is 1. The zero-order valence-corrected chi connectivity index (χ0v) is 9.28. The Bertz CT molecular complexity index is 445. The molecule has 1 heterocycles. The number of halogens is 2. The molecule has 0 atom stereocenters. The minimum Gasteiger partial charge on any atom is -0.377 e. The molecule has 0 spiro atoms. The lowest BCUT2D eigenvalue weighted by Crippen LogP contribution is -2.01. The molecule has 0 saturated carbocycles. The van der Waals surface area contributed by atoms with Gasteiger partial charge in [0.25, 0.3) is 0 Å². The van der Waals surface area contributed by atoms with Crippen molar-refractivity contribution < 1.29 is 4.39 Å². The summed E-state index contributed by atoms with van der Waals surface area (Å²) in [6, 6.07) is 4.42. The lowest BCUT2D eigenvalue weighted by molar-refractivity contribution is 0.630. The Labute approximate surface area is 95.7 Å². The van der Waals surface area contributed by atoms with Crippen LogP contribution in [0.2, 0.25) is 5.02 Å². The van der Waals surface area contributed by atoms with E-state index < -0.39 is 0 Å². The number of thiazole rings is 1. The highest BCUT2D eigenvalue weighted by Gasteiger charge is 2.02. The molecular formula is C10H8ClFN2S. The van der Waals surface area contributed by atoms with Crippen LogP contribution in [0, 0.1) is 5.82 Å². The normalized spacial score (nSPS) is 10.3. The fourth-order valence-electron chi connectivity index (χ4n) is 1.14. The first kappa shape index (κ1) is 10.4. The molecule has 78 valence electrons. The van der Waals surface area contributed by atoms with Crippen molar-refractivity contribution in [1.29, 1.82) is 0 Å². The highest BCUT2D eigenvalue weighted by Crippen LogP contribution is 2.20. The monoisotopic (exact) mass is 242 g/mol. The first-order chi connectivity index (χ1) is 7.25. The fraction of sp³-hybridized carbons (Fsp3) is 0.100. The fourth-order valence-corrected chi connectivity index (χ4v) is 1.87. The number of hydrogen-bond acceptors (Lipinski definition) is 3. The van der Waals surface area contributed by atoms with Crippen LogP contribution in [0.5, 0.6) is 0 Å². The molecule has 0 aliphatic heterocycles. The van der Waals surface area contributed by atoms with E-state index in [0.717, 1.165) is 5.69 Å². The lowest BCUT2D eigenvalue weighted by Gasteiger charge is -2.05. The van der Waals surface area contributed by atoms with Crippen LogP contribution in [0.25, 0.3) is 0 Å². The van der Waals surface area contributed by atoms with Gasteiger partial charge >= 0.3 is 0 Å². The number of anilines is 1. The number of rotatable bonds is 3. The molecule has 1 aromatic heterocycles. The van der Waals surface area contributed by atoms with E-state index in [1.807, 2.05) is 5.38 Å². The van der Waals surface area contributed by atoms with Gasteiger partial charge in [-0.1, -0.05) is 11.6 Å². The molecule has 5 heteroatoms. The molecule has 0 aliphatic rings. The van der Waals surface area contributed by atoms with E-state index >= 15 is 0 Å². The summed E-state index contributed by atoms with van der Waals surface area (Å²) in [6.07, 6.45) is 0. The van der Waals surface area contributed by atoms with Gasteiger partial charge in [0.15, 0.2) is 0 Å². The van der Waals surface area contributed by atoms with Gasteiger partial charge in [-0.3, -0.25) is 0 Å². The lowest BCUT2D eigenvalue weighted by atomic mass is 10.3. The van der Waals surface area contributed by atoms with Crippen molar-refractivity contribution in [3.8, 4) is 0 Å². The third-order valence-electron chi connectivity index (χ3n) is 1.87. The van der Waals surface area contributed by atoms with E-state index in [1.54, 1.807) is 11.6 Å². The second-order valence-electron chi connectivity index (χ2n) is 2.96. The number of nitrogens with zero attached hydrogens (tertiary/aromatic N) is 1. The molecule has 2 nitrogen and oxygen atoms in total. The third kappa shape index (κ3) is 2.67. The summed E-state index contributed by atoms with van der Waals surface area (Å²) < 4.78 is 13.3. The van der Waals surface area contributed by atoms with Crippen molar-refractivity contribution >= 4 is 28.6 Å². The smallest absolute Gasteiger partial charge is 0.146 e. The molecule has 0 radical (unpaired) electrons. The zero-order chi connectivity index (χ0) is 10.7. The summed E-state index contributed by atoms with van der Waals surface area (Å²) in [5.41, 5.74) is 3.03. The molecule has 1 aromatic carbocycles. The highest BCUT2D eigenvalue weighted by atomic mass is 35.5. The molecule has 0 fully saturated rings. The van der Waals surface area contributed by atoms with Crippen LogP contribution in [0.1, 0.15) is 5.69 Å². The molecule has 15 heavy (non-hydrogen) atoms. The van der Waals surface area contributed by atoms with Crippen LogP contribution in [0.15, 0.2) is 29.1 Å². The van der Waals surface area contributed by atoms with Gasteiger partial charge in [0, 0.05) is 10.4 Å². The van der Waals surface area contributed by atoms with Gasteiger partial charge in [0.05, 0.1) is 23.4 Å². The molecule has 0 bridgehead atoms. The van der Waals surface area contributed by atoms with Gasteiger partial charge in [-0.15, -0.1) is 11.3 Å². The average Bonchev–Trinajstić information content (AvgIpc) is 2.72. The van der Waals surface area contributed by atoms with E-state index in [-0.39, 0.29) is 5.82 Å². The summed E-state index contributed by atoms with van der Waals surface area (Å²) in [5, 5.41) is 5.36. The standard InChI is InChI=1S/C10H8ClFN2S/c11-7-1-2-9(12)10(3-7)13-4-8-5-15-6-14-8/h1-3,5-6,13H,4H2. The van der Waals surface area contributed by atoms with Gasteiger partial charge in [-0.05, 0) is 18.2 Å². The number of hydrogen-bond donors (Lipinski definition) is 1. The predicted octanol–water partition coefficient (Wildman–Crippen LogP) is 3.55. The Balaban J connectivity index is 2.07. The maximum atomic E-state index is 13.3. The van der Waals surface area contributed by atoms with E-state index in [9.17, 15) is 4.39 Å². The SMILES string of the molecule is Fc1ccc(Cl)cc1NCc1cscn1. The Morgan fingerprint density at radius 2 is 2.33 bits per heavy atom. The molecule has 0 unspecified atom stereocenters. The molecular weight excluding hydrogens is 235 g/mol. The number of aromatic nitrogens is 1. The summed E-state index contributed by atoms with van der Waals surface area (Å²) in [5.74, 6) is -0.311. The van der Waals surface area contributed by atoms with Gasteiger partial charge in [0.2, 0.25) is 0 Å². The quantitative estimate of drug-likeness (QED) is 0.891. The molecule has 2 aromatic rings. The average molecular weight is 243 g/mol. The van der Waals surface area contributed by atoms with E-state index in [4.69, 9.17) is 11.6 Å². The van der Waals surface area contributed by atoms with Gasteiger partial charge in [-0.2, -0.15) is 0 Å². The first-order valence-electron chi connectivity index (χ1n) is 4.31. The summed E-state index contributed by atoms with van der Waals surface area (Å²) in [7, 11) is 0. The van der Waals surface area contributed by atoms with Crippen molar-refractivity contribution in [3.05, 3.63) is 45.6 Å². The van der Waals surface area contributed by atoms with E-state index in [0.29, 0.717) is 17.3 Å². The van der Waals surface area contributed by atoms with Gasteiger partial charge in [-0.25, -0.2) is 9.37 Å². The molecule has 2 rings (SSSR count). The zero-order valence-electron chi connectivity index (χ0n) is 7.71. The van der Waals surface area contributed by atoms with E-state index in [2.05, 4.69) is 10.3 Å². The van der Waals surface area contributed by atoms with Crippen molar-refractivity contribution in [3.63, 3.8) is 0 Å². The largest absolute Gasteiger partial charge is 0.377 e. The van der Waals surface area contributed by atoms with Crippen LogP contribution in [0.4, 0.5) is 10.1 Å². The first-order valence-corrected chi connectivity index (χ1v) is 5.64. The molecule has 0 aliphatic carbocycles. The maximum Gasteiger partial charge on any atom is 0.146 e. The van der Waals surface area contributed by atoms with E-state index in [1.165, 1.54) is 23.5 Å².